The molecular weight excluding hydrogens is 356 g/mol. The molecule has 142 valence electrons. The van der Waals surface area contributed by atoms with Crippen molar-refractivity contribution in [1.82, 2.24) is 14.5 Å². The summed E-state index contributed by atoms with van der Waals surface area (Å²) in [4.78, 5) is 8.92. The highest BCUT2D eigenvalue weighted by Gasteiger charge is 2.06. The van der Waals surface area contributed by atoms with Crippen molar-refractivity contribution in [3.63, 3.8) is 0 Å². The van der Waals surface area contributed by atoms with Crippen LogP contribution in [0, 0.1) is 6.92 Å². The van der Waals surface area contributed by atoms with Gasteiger partial charge in [0, 0.05) is 29.5 Å². The summed E-state index contributed by atoms with van der Waals surface area (Å²) < 4.78 is 2.03. The highest BCUT2D eigenvalue weighted by molar-refractivity contribution is 6.30. The highest BCUT2D eigenvalue weighted by atomic mass is 35.5. The minimum Gasteiger partial charge on any atom is -0.363 e. The average molecular weight is 383 g/mol. The minimum absolute atomic E-state index is 0.634. The fourth-order valence-electron chi connectivity index (χ4n) is 2.72. The van der Waals surface area contributed by atoms with Crippen LogP contribution in [-0.4, -0.2) is 14.5 Å². The van der Waals surface area contributed by atoms with Crippen LogP contribution < -0.4 is 5.32 Å². The number of nitrogens with one attached hydrogen (secondary N) is 1. The predicted molar refractivity (Wildman–Crippen MR) is 115 cm³/mol. The molecule has 0 aliphatic carbocycles. The van der Waals surface area contributed by atoms with Crippen molar-refractivity contribution in [2.75, 3.05) is 5.32 Å². The van der Waals surface area contributed by atoms with E-state index in [0.29, 0.717) is 6.54 Å². The second-order valence-corrected chi connectivity index (χ2v) is 6.34. The number of nitrogens with zero attached hydrogens (tertiary/aromatic N) is 3. The van der Waals surface area contributed by atoms with Gasteiger partial charge in [0.1, 0.15) is 5.82 Å². The number of rotatable bonds is 6. The molecule has 0 unspecified atom stereocenters. The van der Waals surface area contributed by atoms with Crippen LogP contribution in [-0.2, 0) is 13.1 Å². The average Bonchev–Trinajstić information content (AvgIpc) is 3.11. The fourth-order valence-corrected chi connectivity index (χ4v) is 2.93. The molecule has 0 saturated carbocycles. The van der Waals surface area contributed by atoms with Gasteiger partial charge in [-0.05, 0) is 43.2 Å². The lowest BCUT2D eigenvalue weighted by atomic mass is 10.1. The molecule has 27 heavy (non-hydrogen) atoms. The maximum absolute atomic E-state index is 6.04. The first-order valence-electron chi connectivity index (χ1n) is 9.23. The number of hydrogen-bond acceptors (Lipinski definition) is 3. The van der Waals surface area contributed by atoms with E-state index >= 15 is 0 Å². The van der Waals surface area contributed by atoms with Crippen molar-refractivity contribution in [1.29, 1.82) is 0 Å². The van der Waals surface area contributed by atoms with Gasteiger partial charge >= 0.3 is 0 Å². The Labute approximate surface area is 166 Å². The Morgan fingerprint density at radius 2 is 2.00 bits per heavy atom. The molecule has 3 rings (SSSR count). The quantitative estimate of drug-likeness (QED) is 0.571. The number of allylic oxidation sites excluding steroid dienone is 1. The van der Waals surface area contributed by atoms with Gasteiger partial charge in [0.2, 0.25) is 0 Å². The van der Waals surface area contributed by atoms with Gasteiger partial charge < -0.3 is 9.88 Å². The largest absolute Gasteiger partial charge is 0.363 e. The van der Waals surface area contributed by atoms with Crippen LogP contribution >= 0.6 is 11.6 Å². The Morgan fingerprint density at radius 1 is 1.19 bits per heavy atom. The molecule has 0 atom stereocenters. The minimum atomic E-state index is 0.634. The Balaban J connectivity index is 0.00000126. The molecular formula is C22H27ClN4. The first-order valence-corrected chi connectivity index (χ1v) is 9.61. The van der Waals surface area contributed by atoms with Crippen LogP contribution in [0.4, 0.5) is 5.82 Å². The molecule has 2 aromatic heterocycles. The van der Waals surface area contributed by atoms with Gasteiger partial charge in [0.25, 0.3) is 0 Å². The molecule has 0 radical (unpaired) electrons. The van der Waals surface area contributed by atoms with Gasteiger partial charge in [-0.3, -0.25) is 4.98 Å². The van der Waals surface area contributed by atoms with E-state index in [1.54, 1.807) is 0 Å². The topological polar surface area (TPSA) is 42.7 Å². The summed E-state index contributed by atoms with van der Waals surface area (Å²) in [5, 5.41) is 4.10. The zero-order valence-electron chi connectivity index (χ0n) is 16.4. The zero-order chi connectivity index (χ0) is 19.6. The van der Waals surface area contributed by atoms with E-state index in [-0.39, 0.29) is 0 Å². The van der Waals surface area contributed by atoms with E-state index in [9.17, 15) is 0 Å². The second-order valence-electron chi connectivity index (χ2n) is 5.90. The van der Waals surface area contributed by atoms with Crippen molar-refractivity contribution in [3.8, 4) is 0 Å². The number of benzene rings is 1. The lowest BCUT2D eigenvalue weighted by Gasteiger charge is -2.09. The molecule has 0 aliphatic rings. The van der Waals surface area contributed by atoms with Crippen molar-refractivity contribution in [2.24, 2.45) is 0 Å². The van der Waals surface area contributed by atoms with E-state index in [1.165, 1.54) is 5.56 Å². The monoisotopic (exact) mass is 382 g/mol. The zero-order valence-corrected chi connectivity index (χ0v) is 17.2. The number of halogens is 1. The lowest BCUT2D eigenvalue weighted by Crippen LogP contribution is -2.05. The number of aromatic nitrogens is 3. The summed E-state index contributed by atoms with van der Waals surface area (Å²) in [7, 11) is 0. The molecule has 4 nitrogen and oxygen atoms in total. The van der Waals surface area contributed by atoms with Crippen LogP contribution in [0.1, 0.15) is 43.2 Å². The first kappa shape index (κ1) is 20.7. The maximum Gasteiger partial charge on any atom is 0.144 e. The van der Waals surface area contributed by atoms with Gasteiger partial charge in [0.15, 0.2) is 0 Å². The summed E-state index contributed by atoms with van der Waals surface area (Å²) >= 11 is 6.04. The number of anilines is 1. The molecule has 0 fully saturated rings. The Bertz CT molecular complexity index is 884. The molecule has 2 heterocycles. The fraction of sp³-hybridized carbons (Fsp3) is 0.273. The molecule has 5 heteroatoms. The third-order valence-corrected chi connectivity index (χ3v) is 4.18. The normalized spacial score (nSPS) is 10.6. The van der Waals surface area contributed by atoms with E-state index in [1.807, 2.05) is 74.4 Å². The summed E-state index contributed by atoms with van der Waals surface area (Å²) in [5.41, 5.74) is 4.54. The summed E-state index contributed by atoms with van der Waals surface area (Å²) in [6, 6.07) is 9.88. The van der Waals surface area contributed by atoms with Crippen molar-refractivity contribution >= 4 is 23.5 Å². The predicted octanol–water partition coefficient (Wildman–Crippen LogP) is 5.96. The van der Waals surface area contributed by atoms with E-state index < -0.39 is 0 Å². The second kappa shape index (κ2) is 10.5. The number of aryl methyl sites for hydroxylation is 1. The highest BCUT2D eigenvalue weighted by Crippen LogP contribution is 2.16. The summed E-state index contributed by atoms with van der Waals surface area (Å²) in [6.45, 7) is 9.48. The van der Waals surface area contributed by atoms with Gasteiger partial charge in [-0.2, -0.15) is 0 Å². The van der Waals surface area contributed by atoms with Crippen molar-refractivity contribution in [2.45, 2.75) is 40.8 Å². The SMILES string of the molecule is C/C=C\c1c(C)ccnc1CNc1cn(Cc2cccc(Cl)c2)cn1.CC. The summed E-state index contributed by atoms with van der Waals surface area (Å²) in [5.74, 6) is 0.830. The van der Waals surface area contributed by atoms with Crippen molar-refractivity contribution in [3.05, 3.63) is 82.5 Å². The lowest BCUT2D eigenvalue weighted by molar-refractivity contribution is 0.797. The smallest absolute Gasteiger partial charge is 0.144 e. The molecule has 1 N–H and O–H groups in total. The molecule has 0 amide bonds. The number of imidazole rings is 1. The molecule has 1 aromatic carbocycles. The standard InChI is InChI=1S/C20H21ClN4.C2H6/c1-3-5-18-15(2)8-9-22-19(18)11-23-20-13-25(14-24-20)12-16-6-4-7-17(21)10-16;1-2/h3-10,13-14,23H,11-12H2,1-2H3;1-2H3/b5-3-;. The molecule has 0 saturated heterocycles. The van der Waals surface area contributed by atoms with E-state index in [2.05, 4.69) is 34.4 Å². The van der Waals surface area contributed by atoms with Crippen LogP contribution in [0.2, 0.25) is 5.02 Å². The van der Waals surface area contributed by atoms with Gasteiger partial charge in [0.05, 0.1) is 18.6 Å². The van der Waals surface area contributed by atoms with Gasteiger partial charge in [-0.25, -0.2) is 4.98 Å². The third-order valence-electron chi connectivity index (χ3n) is 3.95. The summed E-state index contributed by atoms with van der Waals surface area (Å²) in [6.07, 6.45) is 9.78. The van der Waals surface area contributed by atoms with E-state index in [0.717, 1.165) is 34.2 Å². The van der Waals surface area contributed by atoms with Crippen LogP contribution in [0.25, 0.3) is 6.08 Å². The van der Waals surface area contributed by atoms with Crippen LogP contribution in [0.3, 0.4) is 0 Å². The Morgan fingerprint density at radius 3 is 2.74 bits per heavy atom. The molecule has 0 bridgehead atoms. The molecule has 0 aliphatic heterocycles. The maximum atomic E-state index is 6.04. The van der Waals surface area contributed by atoms with Gasteiger partial charge in [-0.15, -0.1) is 0 Å². The molecule has 0 spiro atoms. The third kappa shape index (κ3) is 5.97. The van der Waals surface area contributed by atoms with Gasteiger partial charge in [-0.1, -0.05) is 49.7 Å². The van der Waals surface area contributed by atoms with Crippen molar-refractivity contribution < 1.29 is 0 Å². The van der Waals surface area contributed by atoms with E-state index in [4.69, 9.17) is 11.6 Å². The molecule has 3 aromatic rings. The number of hydrogen-bond donors (Lipinski definition) is 1. The Hall–Kier alpha value is -2.59. The number of pyridine rings is 1. The first-order chi connectivity index (χ1) is 13.2. The Kier molecular flexibility index (Phi) is 8.08. The van der Waals surface area contributed by atoms with Crippen LogP contribution in [0.15, 0.2) is 55.1 Å². The van der Waals surface area contributed by atoms with Crippen LogP contribution in [0.5, 0.6) is 0 Å².